The zero-order valence-corrected chi connectivity index (χ0v) is 16.6. The van der Waals surface area contributed by atoms with Crippen LogP contribution in [0, 0.1) is 5.82 Å². The number of nitrogens with zero attached hydrogens (tertiary/aromatic N) is 1. The normalized spacial score (nSPS) is 15.3. The molecule has 0 spiro atoms. The van der Waals surface area contributed by atoms with Gasteiger partial charge in [0.15, 0.2) is 0 Å². The number of hydrogen-bond acceptors (Lipinski definition) is 5. The first-order chi connectivity index (χ1) is 13.3. The van der Waals surface area contributed by atoms with Crippen molar-refractivity contribution in [2.75, 3.05) is 18.4 Å². The van der Waals surface area contributed by atoms with E-state index in [-0.39, 0.29) is 21.2 Å². The van der Waals surface area contributed by atoms with E-state index in [0.29, 0.717) is 18.7 Å². The number of carbonyl (C=O) groups excluding carboxylic acids is 2. The fourth-order valence-corrected chi connectivity index (χ4v) is 6.02. The minimum Gasteiger partial charge on any atom is -0.366 e. The van der Waals surface area contributed by atoms with Crippen molar-refractivity contribution in [2.45, 2.75) is 29.9 Å². The predicted octanol–water partition coefficient (Wildman–Crippen LogP) is 2.34. The van der Waals surface area contributed by atoms with Crippen molar-refractivity contribution in [3.63, 3.8) is 0 Å². The molecule has 0 atom stereocenters. The van der Waals surface area contributed by atoms with E-state index in [1.807, 2.05) is 0 Å². The number of anilines is 1. The van der Waals surface area contributed by atoms with E-state index < -0.39 is 27.7 Å². The van der Waals surface area contributed by atoms with Gasteiger partial charge in [0.1, 0.15) is 15.0 Å². The number of halogens is 1. The number of piperidine rings is 1. The molecule has 2 heterocycles. The number of sulfonamides is 1. The van der Waals surface area contributed by atoms with Crippen LogP contribution in [0.3, 0.4) is 0 Å². The number of nitrogens with two attached hydrogens (primary N) is 1. The molecule has 1 aliphatic heterocycles. The van der Waals surface area contributed by atoms with Gasteiger partial charge >= 0.3 is 0 Å². The third-order valence-corrected chi connectivity index (χ3v) is 7.81. The van der Waals surface area contributed by atoms with Crippen LogP contribution in [-0.2, 0) is 21.2 Å². The molecule has 1 aromatic carbocycles. The number of rotatable bonds is 6. The van der Waals surface area contributed by atoms with Gasteiger partial charge in [-0.3, -0.25) is 9.59 Å². The Hall–Kier alpha value is -2.30. The van der Waals surface area contributed by atoms with E-state index in [2.05, 4.69) is 5.32 Å². The zero-order valence-electron chi connectivity index (χ0n) is 15.0. The van der Waals surface area contributed by atoms with Gasteiger partial charge in [0.25, 0.3) is 15.9 Å². The highest BCUT2D eigenvalue weighted by Crippen LogP contribution is 2.34. The molecule has 1 aliphatic rings. The summed E-state index contributed by atoms with van der Waals surface area (Å²) in [6, 6.07) is 6.65. The molecule has 0 unspecified atom stereocenters. The molecule has 0 saturated carbocycles. The molecule has 28 heavy (non-hydrogen) atoms. The zero-order chi connectivity index (χ0) is 20.3. The summed E-state index contributed by atoms with van der Waals surface area (Å²) in [6.07, 6.45) is 2.50. The van der Waals surface area contributed by atoms with Gasteiger partial charge in [0.05, 0.1) is 12.0 Å². The molecule has 1 aromatic heterocycles. The second kappa shape index (κ2) is 8.38. The van der Waals surface area contributed by atoms with Gasteiger partial charge in [-0.15, -0.1) is 11.3 Å². The second-order valence-electron chi connectivity index (χ2n) is 6.49. The summed E-state index contributed by atoms with van der Waals surface area (Å²) in [7, 11) is -3.75. The Morgan fingerprint density at radius 3 is 2.39 bits per heavy atom. The summed E-state index contributed by atoms with van der Waals surface area (Å²) < 4.78 is 40.0. The molecule has 2 amide bonds. The van der Waals surface area contributed by atoms with Crippen molar-refractivity contribution in [2.24, 2.45) is 5.73 Å². The summed E-state index contributed by atoms with van der Waals surface area (Å²) >= 11 is 0.807. The van der Waals surface area contributed by atoms with Crippen LogP contribution in [-0.4, -0.2) is 37.6 Å². The lowest BCUT2D eigenvalue weighted by Crippen LogP contribution is -2.35. The minimum atomic E-state index is -3.75. The molecule has 150 valence electrons. The summed E-state index contributed by atoms with van der Waals surface area (Å²) in [4.78, 5) is 24.0. The number of thiophene rings is 1. The van der Waals surface area contributed by atoms with Crippen molar-refractivity contribution in [1.29, 1.82) is 0 Å². The Morgan fingerprint density at radius 2 is 1.79 bits per heavy atom. The summed E-state index contributed by atoms with van der Waals surface area (Å²) in [5.41, 5.74) is 5.89. The highest BCUT2D eigenvalue weighted by Gasteiger charge is 2.30. The maximum absolute atomic E-state index is 13.0. The van der Waals surface area contributed by atoms with E-state index in [1.165, 1.54) is 34.6 Å². The summed E-state index contributed by atoms with van der Waals surface area (Å²) in [6.45, 7) is 0.858. The molecular weight excluding hydrogens is 405 g/mol. The smallest absolute Gasteiger partial charge is 0.252 e. The van der Waals surface area contributed by atoms with Gasteiger partial charge in [-0.25, -0.2) is 12.8 Å². The largest absolute Gasteiger partial charge is 0.366 e. The molecule has 3 rings (SSSR count). The van der Waals surface area contributed by atoms with Crippen LogP contribution in [0.4, 0.5) is 9.39 Å². The number of primary amides is 1. The SMILES string of the molecule is NC(=O)c1cc(S(=O)(=O)N2CCCCC2)sc1NC(=O)Cc1ccc(F)cc1. The second-order valence-corrected chi connectivity index (χ2v) is 9.71. The molecule has 0 bridgehead atoms. The van der Waals surface area contributed by atoms with Gasteiger partial charge in [0.2, 0.25) is 5.91 Å². The predicted molar refractivity (Wildman–Crippen MR) is 104 cm³/mol. The molecular formula is C18H20FN3O4S2. The average Bonchev–Trinajstić information content (AvgIpc) is 3.09. The van der Waals surface area contributed by atoms with Crippen molar-refractivity contribution >= 4 is 38.2 Å². The van der Waals surface area contributed by atoms with Crippen molar-refractivity contribution < 1.29 is 22.4 Å². The molecule has 3 N–H and O–H groups in total. The fourth-order valence-electron chi connectivity index (χ4n) is 2.96. The maximum atomic E-state index is 13.0. The third kappa shape index (κ3) is 4.57. The lowest BCUT2D eigenvalue weighted by atomic mass is 10.1. The highest BCUT2D eigenvalue weighted by atomic mass is 32.2. The Labute approximate surface area is 166 Å². The van der Waals surface area contributed by atoms with E-state index >= 15 is 0 Å². The molecule has 10 heteroatoms. The summed E-state index contributed by atoms with van der Waals surface area (Å²) in [5, 5.41) is 2.65. The fraction of sp³-hybridized carbons (Fsp3) is 0.333. The van der Waals surface area contributed by atoms with Crippen molar-refractivity contribution in [1.82, 2.24) is 4.31 Å². The molecule has 0 radical (unpaired) electrons. The number of nitrogens with one attached hydrogen (secondary N) is 1. The van der Waals surface area contributed by atoms with E-state index in [4.69, 9.17) is 5.73 Å². The van der Waals surface area contributed by atoms with Gasteiger partial charge in [-0.1, -0.05) is 18.6 Å². The van der Waals surface area contributed by atoms with Gasteiger partial charge < -0.3 is 11.1 Å². The number of hydrogen-bond donors (Lipinski definition) is 2. The Balaban J connectivity index is 1.81. The van der Waals surface area contributed by atoms with E-state index in [1.54, 1.807) is 0 Å². The number of carbonyl (C=O) groups is 2. The highest BCUT2D eigenvalue weighted by molar-refractivity contribution is 7.91. The lowest BCUT2D eigenvalue weighted by Gasteiger charge is -2.25. The van der Waals surface area contributed by atoms with Crippen LogP contribution in [0.2, 0.25) is 0 Å². The topological polar surface area (TPSA) is 110 Å². The first-order valence-corrected chi connectivity index (χ1v) is 11.0. The molecule has 1 saturated heterocycles. The Bertz CT molecular complexity index is 981. The standard InChI is InChI=1S/C18H20FN3O4S2/c19-13-6-4-12(5-7-13)10-15(23)21-18-14(17(20)24)11-16(27-18)28(25,26)22-8-2-1-3-9-22/h4-7,11H,1-3,8-10H2,(H2,20,24)(H,21,23). The van der Waals surface area contributed by atoms with Gasteiger partial charge in [0, 0.05) is 13.1 Å². The average molecular weight is 426 g/mol. The van der Waals surface area contributed by atoms with Gasteiger partial charge in [-0.2, -0.15) is 4.31 Å². The number of amides is 2. The number of benzene rings is 1. The van der Waals surface area contributed by atoms with Crippen molar-refractivity contribution in [3.05, 3.63) is 47.3 Å². The van der Waals surface area contributed by atoms with E-state index in [9.17, 15) is 22.4 Å². The lowest BCUT2D eigenvalue weighted by molar-refractivity contribution is -0.115. The van der Waals surface area contributed by atoms with Gasteiger partial charge in [-0.05, 0) is 36.6 Å². The van der Waals surface area contributed by atoms with Crippen LogP contribution in [0.1, 0.15) is 35.2 Å². The quantitative estimate of drug-likeness (QED) is 0.740. The monoisotopic (exact) mass is 425 g/mol. The Kier molecular flexibility index (Phi) is 6.11. The molecule has 7 nitrogen and oxygen atoms in total. The first kappa shape index (κ1) is 20.4. The van der Waals surface area contributed by atoms with Crippen LogP contribution < -0.4 is 11.1 Å². The van der Waals surface area contributed by atoms with Crippen LogP contribution >= 0.6 is 11.3 Å². The molecule has 0 aliphatic carbocycles. The maximum Gasteiger partial charge on any atom is 0.252 e. The van der Waals surface area contributed by atoms with Crippen LogP contribution in [0.25, 0.3) is 0 Å². The van der Waals surface area contributed by atoms with Crippen LogP contribution in [0.5, 0.6) is 0 Å². The van der Waals surface area contributed by atoms with Crippen molar-refractivity contribution in [3.8, 4) is 0 Å². The van der Waals surface area contributed by atoms with E-state index in [0.717, 1.165) is 30.6 Å². The minimum absolute atomic E-state index is 0.0275. The third-order valence-electron chi connectivity index (χ3n) is 4.42. The summed E-state index contributed by atoms with van der Waals surface area (Å²) in [5.74, 6) is -1.70. The molecule has 1 fully saturated rings. The molecule has 2 aromatic rings. The Morgan fingerprint density at radius 1 is 1.14 bits per heavy atom. The first-order valence-electron chi connectivity index (χ1n) is 8.75. The van der Waals surface area contributed by atoms with Crippen LogP contribution in [0.15, 0.2) is 34.5 Å².